The predicted octanol–water partition coefficient (Wildman–Crippen LogP) is -18.0. The number of hydrogen-bond acceptors (Lipinski definition) is 0. The summed E-state index contributed by atoms with van der Waals surface area (Å²) in [7, 11) is 0. The smallest absolute Gasteiger partial charge is 1.00 e. The molecule has 0 aromatic rings. The molecule has 0 aliphatic carbocycles. The van der Waals surface area contributed by atoms with Crippen molar-refractivity contribution in [2.24, 2.45) is 0 Å². The first-order chi connectivity index (χ1) is 0. The summed E-state index contributed by atoms with van der Waals surface area (Å²) in [5.41, 5.74) is 0. The van der Waals surface area contributed by atoms with Crippen LogP contribution in [-0.4, -0.2) is 0 Å². The average molecular weight is 392 g/mol. The molecule has 0 N–H and O–H groups in total. The minimum atomic E-state index is 0. The monoisotopic (exact) mass is 391 g/mol. The molecule has 1 radical (unpaired) electrons. The van der Waals surface area contributed by atoms with Crippen LogP contribution < -0.4 is 91.6 Å². The van der Waals surface area contributed by atoms with Crippen LogP contribution >= 0.6 is 0 Å². The van der Waals surface area contributed by atoms with E-state index < -0.39 is 0 Å². The Hall–Kier alpha value is 3.10. The normalized spacial score (nSPS) is 0. The summed E-state index contributed by atoms with van der Waals surface area (Å²) in [6.07, 6.45) is 0. The van der Waals surface area contributed by atoms with E-state index in [1.165, 1.54) is 0 Å². The molecule has 0 aliphatic rings. The Labute approximate surface area is 110 Å². The minimum absolute atomic E-state index is 0. The fourth-order valence-electron chi connectivity index (χ4n) is 0. The van der Waals surface area contributed by atoms with Gasteiger partial charge in [-0.1, -0.05) is 0 Å². The maximum Gasteiger partial charge on any atom is 4.00 e. The van der Waals surface area contributed by atoms with Gasteiger partial charge in [0.1, 0.15) is 0 Å². The Morgan fingerprint density at radius 3 is 0.429 bits per heavy atom. The van der Waals surface area contributed by atoms with Gasteiger partial charge in [0.2, 0.25) is 0 Å². The van der Waals surface area contributed by atoms with Crippen molar-refractivity contribution >= 4 is 0 Å². The molecule has 0 saturated heterocycles. The van der Waals surface area contributed by atoms with E-state index in [1.807, 2.05) is 0 Å². The third-order valence-corrected chi connectivity index (χ3v) is 0. The summed E-state index contributed by atoms with van der Waals surface area (Å²) in [4.78, 5) is 0. The van der Waals surface area contributed by atoms with E-state index in [1.54, 1.807) is 0 Å². The van der Waals surface area contributed by atoms with Crippen LogP contribution in [0.4, 0.5) is 0 Å². The molecule has 0 aromatic carbocycles. The quantitative estimate of drug-likeness (QED) is 0.359. The van der Waals surface area contributed by atoms with Gasteiger partial charge in [-0.15, -0.1) is 0 Å². The molecular formula is Cl5IrNa. The molecule has 7 heavy (non-hydrogen) atoms. The summed E-state index contributed by atoms with van der Waals surface area (Å²) in [5.74, 6) is 0. The maximum atomic E-state index is 0. The van der Waals surface area contributed by atoms with Crippen molar-refractivity contribution in [2.45, 2.75) is 0 Å². The van der Waals surface area contributed by atoms with Crippen molar-refractivity contribution < 1.29 is 112 Å². The number of halogens is 5. The van der Waals surface area contributed by atoms with Gasteiger partial charge in [0.05, 0.1) is 0 Å². The van der Waals surface area contributed by atoms with Gasteiger partial charge in [-0.3, -0.25) is 0 Å². The van der Waals surface area contributed by atoms with Crippen LogP contribution in [0.25, 0.3) is 0 Å². The maximum absolute atomic E-state index is 0. The standard InChI is InChI=1S/5ClH.Ir.Na/h5*1H;;/q;;;;;+4;+1/p-5. The summed E-state index contributed by atoms with van der Waals surface area (Å²) in [6.45, 7) is 0. The van der Waals surface area contributed by atoms with Gasteiger partial charge in [0.25, 0.3) is 0 Å². The second-order valence-electron chi connectivity index (χ2n) is 0. The van der Waals surface area contributed by atoms with Gasteiger partial charge in [-0.2, -0.15) is 0 Å². The van der Waals surface area contributed by atoms with Gasteiger partial charge in [-0.05, 0) is 0 Å². The Balaban J connectivity index is 0. The van der Waals surface area contributed by atoms with E-state index in [0.717, 1.165) is 0 Å². The van der Waals surface area contributed by atoms with E-state index in [2.05, 4.69) is 0 Å². The summed E-state index contributed by atoms with van der Waals surface area (Å²) in [5, 5.41) is 0. The van der Waals surface area contributed by atoms with Gasteiger partial charge in [0, 0.05) is 0 Å². The molecule has 0 bridgehead atoms. The molecule has 0 unspecified atom stereocenters. The van der Waals surface area contributed by atoms with E-state index in [0.29, 0.717) is 0 Å². The van der Waals surface area contributed by atoms with Gasteiger partial charge in [0.15, 0.2) is 0 Å². The van der Waals surface area contributed by atoms with Crippen molar-refractivity contribution in [1.82, 2.24) is 0 Å². The molecule has 0 fully saturated rings. The third kappa shape index (κ3) is 47.7. The zero-order valence-electron chi connectivity index (χ0n) is 3.22. The van der Waals surface area contributed by atoms with Crippen molar-refractivity contribution in [3.63, 3.8) is 0 Å². The zero-order valence-corrected chi connectivity index (χ0v) is 11.4. The van der Waals surface area contributed by atoms with Crippen LogP contribution in [0, 0.1) is 0 Å². The van der Waals surface area contributed by atoms with Crippen molar-refractivity contribution in [3.05, 3.63) is 0 Å². The number of rotatable bonds is 0. The molecule has 0 nitrogen and oxygen atoms in total. The second kappa shape index (κ2) is 62.1. The predicted molar refractivity (Wildman–Crippen MR) is 0 cm³/mol. The van der Waals surface area contributed by atoms with Crippen molar-refractivity contribution in [3.8, 4) is 0 Å². The van der Waals surface area contributed by atoms with Crippen LogP contribution in [0.1, 0.15) is 0 Å². The van der Waals surface area contributed by atoms with Crippen LogP contribution in [0.15, 0.2) is 0 Å². The fourth-order valence-corrected chi connectivity index (χ4v) is 0. The minimum Gasteiger partial charge on any atom is -1.00 e. The molecule has 0 rings (SSSR count). The first-order valence-electron chi connectivity index (χ1n) is 0. The molecule has 0 spiro atoms. The molecular weight excluding hydrogens is 392 g/mol. The molecule has 0 heterocycles. The molecule has 0 saturated carbocycles. The van der Waals surface area contributed by atoms with E-state index in [4.69, 9.17) is 0 Å². The SMILES string of the molecule is [Cl-].[Cl-].[Cl-].[Cl-].[Cl-].[Ir+4].[Na+]. The largest absolute Gasteiger partial charge is 4.00 e. The summed E-state index contributed by atoms with van der Waals surface area (Å²) >= 11 is 0. The van der Waals surface area contributed by atoms with E-state index >= 15 is 0 Å². The first-order valence-corrected chi connectivity index (χ1v) is 0. The Morgan fingerprint density at radius 2 is 0.429 bits per heavy atom. The Morgan fingerprint density at radius 1 is 0.429 bits per heavy atom. The van der Waals surface area contributed by atoms with Crippen molar-refractivity contribution in [1.29, 1.82) is 0 Å². The van der Waals surface area contributed by atoms with E-state index in [9.17, 15) is 0 Å². The van der Waals surface area contributed by atoms with Crippen LogP contribution in [0.2, 0.25) is 0 Å². The topological polar surface area (TPSA) is 0 Å². The Bertz CT molecular complexity index is 8.04. The first kappa shape index (κ1) is 87.1. The van der Waals surface area contributed by atoms with Crippen molar-refractivity contribution in [2.75, 3.05) is 0 Å². The van der Waals surface area contributed by atoms with Gasteiger partial charge < -0.3 is 62.0 Å². The molecule has 45 valence electrons. The molecule has 0 atom stereocenters. The molecule has 0 aromatic heterocycles. The fraction of sp³-hybridized carbons (Fsp3) is 0. The Kier molecular flexibility index (Phi) is 773. The zero-order chi connectivity index (χ0) is 0. The van der Waals surface area contributed by atoms with Crippen LogP contribution in [0.5, 0.6) is 0 Å². The van der Waals surface area contributed by atoms with Gasteiger partial charge >= 0.3 is 49.7 Å². The van der Waals surface area contributed by atoms with Crippen LogP contribution in [-0.2, 0) is 20.1 Å². The molecule has 7 heteroatoms. The second-order valence-corrected chi connectivity index (χ2v) is 0. The molecule has 0 amide bonds. The van der Waals surface area contributed by atoms with Gasteiger partial charge in [-0.25, -0.2) is 0 Å². The summed E-state index contributed by atoms with van der Waals surface area (Å²) < 4.78 is 0. The summed E-state index contributed by atoms with van der Waals surface area (Å²) in [6, 6.07) is 0. The van der Waals surface area contributed by atoms with Crippen LogP contribution in [0.3, 0.4) is 0 Å². The third-order valence-electron chi connectivity index (χ3n) is 0. The van der Waals surface area contributed by atoms with E-state index in [-0.39, 0.29) is 112 Å². The molecule has 0 aliphatic heterocycles. The number of hydrogen-bond donors (Lipinski definition) is 0. The average Bonchev–Trinajstić information content (AvgIpc) is 0.